The van der Waals surface area contributed by atoms with E-state index in [2.05, 4.69) is 4.37 Å². The summed E-state index contributed by atoms with van der Waals surface area (Å²) in [6, 6.07) is 0. The SMILES string of the molecule is CC(C)OCCN(C)c1snc(N)c1C(N)=O. The molecule has 1 aromatic rings. The summed E-state index contributed by atoms with van der Waals surface area (Å²) in [5.41, 5.74) is 11.2. The summed E-state index contributed by atoms with van der Waals surface area (Å²) in [6.07, 6.45) is 0.186. The van der Waals surface area contributed by atoms with E-state index in [4.69, 9.17) is 16.2 Å². The van der Waals surface area contributed by atoms with Gasteiger partial charge in [-0.05, 0) is 25.4 Å². The molecule has 1 heterocycles. The van der Waals surface area contributed by atoms with Gasteiger partial charge in [0.2, 0.25) is 0 Å². The molecule has 1 amide bonds. The molecule has 0 bridgehead atoms. The molecule has 0 atom stereocenters. The Kier molecular flexibility index (Phi) is 4.71. The lowest BCUT2D eigenvalue weighted by molar-refractivity contribution is 0.0845. The zero-order valence-corrected chi connectivity index (χ0v) is 11.1. The Morgan fingerprint density at radius 2 is 2.24 bits per heavy atom. The van der Waals surface area contributed by atoms with Gasteiger partial charge in [-0.3, -0.25) is 4.79 Å². The van der Waals surface area contributed by atoms with Crippen LogP contribution in [0.5, 0.6) is 0 Å². The maximum Gasteiger partial charge on any atom is 0.255 e. The maximum absolute atomic E-state index is 11.2. The van der Waals surface area contributed by atoms with Crippen LogP contribution in [0.25, 0.3) is 0 Å². The average molecular weight is 258 g/mol. The van der Waals surface area contributed by atoms with E-state index in [-0.39, 0.29) is 11.9 Å². The van der Waals surface area contributed by atoms with Gasteiger partial charge in [-0.15, -0.1) is 0 Å². The minimum atomic E-state index is -0.553. The molecule has 4 N–H and O–H groups in total. The number of amides is 1. The average Bonchev–Trinajstić information content (AvgIpc) is 2.59. The molecule has 0 aliphatic carbocycles. The normalized spacial score (nSPS) is 10.8. The predicted molar refractivity (Wildman–Crippen MR) is 69.4 cm³/mol. The van der Waals surface area contributed by atoms with Crippen molar-refractivity contribution in [1.82, 2.24) is 4.37 Å². The third kappa shape index (κ3) is 3.57. The Labute approximate surface area is 105 Å². The fraction of sp³-hybridized carbons (Fsp3) is 0.600. The van der Waals surface area contributed by atoms with E-state index >= 15 is 0 Å². The molecule has 7 heteroatoms. The molecule has 96 valence electrons. The van der Waals surface area contributed by atoms with Gasteiger partial charge in [0.05, 0.1) is 12.7 Å². The smallest absolute Gasteiger partial charge is 0.255 e. The topological polar surface area (TPSA) is 94.5 Å². The molecule has 1 rings (SSSR count). The van der Waals surface area contributed by atoms with Gasteiger partial charge in [0.1, 0.15) is 10.6 Å². The summed E-state index contributed by atoms with van der Waals surface area (Å²) in [6.45, 7) is 5.17. The van der Waals surface area contributed by atoms with Crippen molar-refractivity contribution in [1.29, 1.82) is 0 Å². The van der Waals surface area contributed by atoms with Crippen molar-refractivity contribution in [2.75, 3.05) is 30.8 Å². The second-order valence-electron chi connectivity index (χ2n) is 3.95. The number of nitrogen functional groups attached to an aromatic ring is 1. The summed E-state index contributed by atoms with van der Waals surface area (Å²) >= 11 is 1.17. The van der Waals surface area contributed by atoms with Crippen LogP contribution >= 0.6 is 11.5 Å². The lowest BCUT2D eigenvalue weighted by Gasteiger charge is -2.18. The van der Waals surface area contributed by atoms with Crippen molar-refractivity contribution < 1.29 is 9.53 Å². The molecule has 0 saturated heterocycles. The van der Waals surface area contributed by atoms with Gasteiger partial charge in [0.15, 0.2) is 5.82 Å². The highest BCUT2D eigenvalue weighted by Crippen LogP contribution is 2.28. The lowest BCUT2D eigenvalue weighted by atomic mass is 10.3. The number of hydrogen-bond acceptors (Lipinski definition) is 6. The van der Waals surface area contributed by atoms with Gasteiger partial charge in [0.25, 0.3) is 5.91 Å². The lowest BCUT2D eigenvalue weighted by Crippen LogP contribution is -2.25. The van der Waals surface area contributed by atoms with Crippen molar-refractivity contribution in [3.63, 3.8) is 0 Å². The Morgan fingerprint density at radius 1 is 1.59 bits per heavy atom. The van der Waals surface area contributed by atoms with Crippen molar-refractivity contribution in [2.24, 2.45) is 5.73 Å². The van der Waals surface area contributed by atoms with Crippen molar-refractivity contribution in [2.45, 2.75) is 20.0 Å². The van der Waals surface area contributed by atoms with Crippen LogP contribution in [0.1, 0.15) is 24.2 Å². The number of primary amides is 1. The monoisotopic (exact) mass is 258 g/mol. The summed E-state index contributed by atoms with van der Waals surface area (Å²) in [7, 11) is 1.85. The number of hydrogen-bond donors (Lipinski definition) is 2. The molecule has 0 spiro atoms. The second kappa shape index (κ2) is 5.83. The third-order valence-corrected chi connectivity index (χ3v) is 3.15. The predicted octanol–water partition coefficient (Wildman–Crippen LogP) is 0.685. The quantitative estimate of drug-likeness (QED) is 0.782. The molecule has 17 heavy (non-hydrogen) atoms. The minimum Gasteiger partial charge on any atom is -0.382 e. The van der Waals surface area contributed by atoms with Gasteiger partial charge < -0.3 is 21.1 Å². The maximum atomic E-state index is 11.2. The Hall–Kier alpha value is -1.34. The van der Waals surface area contributed by atoms with Crippen molar-refractivity contribution in [3.05, 3.63) is 5.56 Å². The van der Waals surface area contributed by atoms with Crippen LogP contribution in [-0.4, -0.2) is 36.6 Å². The van der Waals surface area contributed by atoms with Crippen LogP contribution in [0.2, 0.25) is 0 Å². The number of anilines is 2. The first-order valence-electron chi connectivity index (χ1n) is 5.31. The fourth-order valence-corrected chi connectivity index (χ4v) is 2.12. The van der Waals surface area contributed by atoms with Crippen molar-refractivity contribution in [3.8, 4) is 0 Å². The van der Waals surface area contributed by atoms with Gasteiger partial charge in [-0.2, -0.15) is 4.37 Å². The molecule has 0 unspecified atom stereocenters. The molecule has 0 aliphatic heterocycles. The number of carbonyl (C=O) groups is 1. The van der Waals surface area contributed by atoms with E-state index < -0.39 is 5.91 Å². The number of nitrogens with zero attached hydrogens (tertiary/aromatic N) is 2. The van der Waals surface area contributed by atoms with Crippen LogP contribution in [0, 0.1) is 0 Å². The summed E-state index contributed by atoms with van der Waals surface area (Å²) < 4.78 is 9.37. The Morgan fingerprint density at radius 3 is 2.76 bits per heavy atom. The molecule has 0 aliphatic rings. The first-order chi connectivity index (χ1) is 7.93. The first kappa shape index (κ1) is 13.7. The molecule has 0 radical (unpaired) electrons. The minimum absolute atomic E-state index is 0.186. The van der Waals surface area contributed by atoms with E-state index in [0.717, 1.165) is 0 Å². The number of rotatable bonds is 6. The number of carbonyl (C=O) groups excluding carboxylic acids is 1. The Bertz CT molecular complexity index is 392. The van der Waals surface area contributed by atoms with Crippen LogP contribution in [0.15, 0.2) is 0 Å². The van der Waals surface area contributed by atoms with Crippen LogP contribution in [0.4, 0.5) is 10.8 Å². The van der Waals surface area contributed by atoms with Crippen LogP contribution < -0.4 is 16.4 Å². The van der Waals surface area contributed by atoms with Gasteiger partial charge in [0, 0.05) is 13.6 Å². The van der Waals surface area contributed by atoms with E-state index in [1.807, 2.05) is 25.8 Å². The summed E-state index contributed by atoms with van der Waals surface area (Å²) in [4.78, 5) is 13.1. The third-order valence-electron chi connectivity index (χ3n) is 2.17. The number of likely N-dealkylation sites (N-methyl/N-ethyl adjacent to an activating group) is 1. The molecule has 0 fully saturated rings. The van der Waals surface area contributed by atoms with E-state index in [9.17, 15) is 4.79 Å². The Balaban J connectivity index is 2.69. The van der Waals surface area contributed by atoms with Crippen LogP contribution in [-0.2, 0) is 4.74 Å². The van der Waals surface area contributed by atoms with Crippen LogP contribution in [0.3, 0.4) is 0 Å². The molecule has 0 aromatic carbocycles. The molecule has 1 aromatic heterocycles. The standard InChI is InChI=1S/C10H18N4O2S/c1-6(2)16-5-4-14(3)10-7(9(12)15)8(11)13-17-10/h6H,4-5H2,1-3H3,(H2,11,13)(H2,12,15). The summed E-state index contributed by atoms with van der Waals surface area (Å²) in [5, 5.41) is 0.683. The summed E-state index contributed by atoms with van der Waals surface area (Å²) in [5.74, 6) is -0.364. The van der Waals surface area contributed by atoms with E-state index in [1.165, 1.54) is 11.5 Å². The molecule has 6 nitrogen and oxygen atoms in total. The number of aromatic nitrogens is 1. The highest BCUT2D eigenvalue weighted by atomic mass is 32.1. The zero-order valence-electron chi connectivity index (χ0n) is 10.3. The van der Waals surface area contributed by atoms with E-state index in [0.29, 0.717) is 23.7 Å². The van der Waals surface area contributed by atoms with Gasteiger partial charge in [-0.25, -0.2) is 0 Å². The number of nitrogens with two attached hydrogens (primary N) is 2. The molecular formula is C10H18N4O2S. The highest BCUT2D eigenvalue weighted by Gasteiger charge is 2.19. The first-order valence-corrected chi connectivity index (χ1v) is 6.08. The fourth-order valence-electron chi connectivity index (χ4n) is 1.31. The molecular weight excluding hydrogens is 240 g/mol. The zero-order chi connectivity index (χ0) is 13.0. The number of ether oxygens (including phenoxy) is 1. The second-order valence-corrected chi connectivity index (χ2v) is 4.71. The van der Waals surface area contributed by atoms with Crippen molar-refractivity contribution >= 4 is 28.3 Å². The molecule has 0 saturated carbocycles. The van der Waals surface area contributed by atoms with E-state index in [1.54, 1.807) is 0 Å². The van der Waals surface area contributed by atoms with Gasteiger partial charge >= 0.3 is 0 Å². The highest BCUT2D eigenvalue weighted by molar-refractivity contribution is 7.11. The largest absolute Gasteiger partial charge is 0.382 e. The van der Waals surface area contributed by atoms with Gasteiger partial charge in [-0.1, -0.05) is 0 Å².